The molecule has 0 heterocycles. The van der Waals surface area contributed by atoms with E-state index in [2.05, 4.69) is 66.8 Å². The van der Waals surface area contributed by atoms with Gasteiger partial charge in [0.2, 0.25) is 0 Å². The molecule has 27 heavy (non-hydrogen) atoms. The van der Waals surface area contributed by atoms with Gasteiger partial charge in [0.15, 0.2) is 0 Å². The van der Waals surface area contributed by atoms with Gasteiger partial charge in [-0.2, -0.15) is 0 Å². The molecule has 0 amide bonds. The van der Waals surface area contributed by atoms with Gasteiger partial charge >= 0.3 is 124 Å². The summed E-state index contributed by atoms with van der Waals surface area (Å²) in [5, 5.41) is 26.8. The van der Waals surface area contributed by atoms with Gasteiger partial charge in [0, 0.05) is 0 Å². The van der Waals surface area contributed by atoms with Gasteiger partial charge in [-0.15, -0.1) is 19.8 Å². The van der Waals surface area contributed by atoms with Gasteiger partial charge in [-0.05, 0) is 0 Å². The van der Waals surface area contributed by atoms with Crippen molar-refractivity contribution >= 4 is 0 Å². The normalized spacial score (nSPS) is 14.1. The van der Waals surface area contributed by atoms with E-state index >= 15 is 0 Å². The van der Waals surface area contributed by atoms with Crippen molar-refractivity contribution in [2.45, 2.75) is 36.8 Å². The summed E-state index contributed by atoms with van der Waals surface area (Å²) in [6.45, 7) is 4.71. The Hall–Kier alpha value is -1.07. The number of hydrogen-bond donors (Lipinski definition) is 0. The zero-order valence-corrected chi connectivity index (χ0v) is 20.2. The van der Waals surface area contributed by atoms with E-state index in [-0.39, 0.29) is 23.0 Å². The molecule has 0 unspecified atom stereocenters. The summed E-state index contributed by atoms with van der Waals surface area (Å²) in [6.07, 6.45) is 15.8. The van der Waals surface area contributed by atoms with Crippen LogP contribution in [-0.2, 0) is 27.5 Å². The van der Waals surface area contributed by atoms with Crippen molar-refractivity contribution in [1.29, 1.82) is 0 Å². The minimum absolute atomic E-state index is 0. The molecule has 3 rings (SSSR count). The van der Waals surface area contributed by atoms with Gasteiger partial charge in [0.05, 0.1) is 0 Å². The first kappa shape index (κ1) is 25.9. The van der Waals surface area contributed by atoms with Crippen molar-refractivity contribution in [2.75, 3.05) is 19.8 Å². The van der Waals surface area contributed by atoms with Gasteiger partial charge in [-0.1, -0.05) is 20.8 Å². The Morgan fingerprint density at radius 2 is 1.15 bits per heavy atom. The van der Waals surface area contributed by atoms with Crippen LogP contribution in [0.3, 0.4) is 0 Å². The molecule has 0 atom stereocenters. The Bertz CT molecular complexity index is 581. The third-order valence-corrected chi connectivity index (χ3v) is 7.06. The van der Waals surface area contributed by atoms with Crippen LogP contribution in [0.15, 0.2) is 77.9 Å². The molecule has 0 aliphatic heterocycles. The first-order valence-corrected chi connectivity index (χ1v) is 11.1. The number of benzene rings is 1. The molecule has 144 valence electrons. The molecule has 2 aliphatic carbocycles. The van der Waals surface area contributed by atoms with E-state index in [9.17, 15) is 0 Å². The quantitative estimate of drug-likeness (QED) is 0.561. The van der Waals surface area contributed by atoms with Crippen molar-refractivity contribution < 1.29 is 39.7 Å². The maximum absolute atomic E-state index is 8.93. The second-order valence-corrected chi connectivity index (χ2v) is 8.32. The molecular weight excluding hydrogens is 503 g/mol. The standard InChI is InChI=1S/C17H15.3C2H5O.Hf/c1-2-8-14(9-3-1)17(15-10-4-5-11-15)16-12-6-7-13-16;3*1-2-3;/h1-10,12H,11,13H2;3*2H2,1H3;/q;3*-1;+3. The van der Waals surface area contributed by atoms with E-state index in [0.29, 0.717) is 0 Å². The Kier molecular flexibility index (Phi) is 15.3. The van der Waals surface area contributed by atoms with Crippen molar-refractivity contribution in [1.82, 2.24) is 0 Å². The van der Waals surface area contributed by atoms with Gasteiger partial charge in [-0.3, -0.25) is 0 Å². The molecular formula is C23H30HfO3. The van der Waals surface area contributed by atoms with Crippen LogP contribution in [0.4, 0.5) is 0 Å². The number of allylic oxidation sites excluding steroid dienone is 8. The fraction of sp³-hybridized carbons (Fsp3) is 0.391. The summed E-state index contributed by atoms with van der Waals surface area (Å²) in [4.78, 5) is 0. The molecule has 1 aromatic rings. The molecule has 0 spiro atoms. The average molecular weight is 533 g/mol. The monoisotopic (exact) mass is 534 g/mol. The first-order valence-electron chi connectivity index (χ1n) is 9.33. The molecule has 0 radical (unpaired) electrons. The fourth-order valence-electron chi connectivity index (χ4n) is 2.72. The summed E-state index contributed by atoms with van der Waals surface area (Å²) in [5.74, 6) is 0. The second kappa shape index (κ2) is 15.9. The molecule has 0 bridgehead atoms. The minimum atomic E-state index is 0. The molecule has 0 saturated carbocycles. The maximum atomic E-state index is 8.93. The zero-order chi connectivity index (χ0) is 20.5. The molecule has 3 nitrogen and oxygen atoms in total. The van der Waals surface area contributed by atoms with Crippen LogP contribution in [0, 0.1) is 0 Å². The Morgan fingerprint density at radius 3 is 1.44 bits per heavy atom. The SMILES string of the molecule is CC[O-].CC[O-].CC[O-].[Hf+3][C](C1=CC=CC1)(C1=CC=CC1)c1ccccc1. The van der Waals surface area contributed by atoms with Crippen LogP contribution in [0.1, 0.15) is 39.2 Å². The summed E-state index contributed by atoms with van der Waals surface area (Å²) in [6, 6.07) is 11.0. The number of rotatable bonds is 3. The summed E-state index contributed by atoms with van der Waals surface area (Å²) < 4.78 is 0.189. The van der Waals surface area contributed by atoms with Crippen LogP contribution < -0.4 is 15.3 Å². The van der Waals surface area contributed by atoms with Crippen molar-refractivity contribution in [2.24, 2.45) is 0 Å². The molecule has 4 heteroatoms. The van der Waals surface area contributed by atoms with E-state index in [1.807, 2.05) is 0 Å². The molecule has 0 saturated heterocycles. The van der Waals surface area contributed by atoms with Crippen LogP contribution in [0.25, 0.3) is 0 Å². The van der Waals surface area contributed by atoms with E-state index in [4.69, 9.17) is 15.3 Å². The van der Waals surface area contributed by atoms with E-state index < -0.39 is 0 Å². The van der Waals surface area contributed by atoms with Crippen molar-refractivity contribution in [3.8, 4) is 0 Å². The van der Waals surface area contributed by atoms with Crippen LogP contribution in [0.5, 0.6) is 0 Å². The Morgan fingerprint density at radius 1 is 0.778 bits per heavy atom. The van der Waals surface area contributed by atoms with E-state index in [1.54, 1.807) is 31.9 Å². The van der Waals surface area contributed by atoms with Crippen molar-refractivity contribution in [3.05, 3.63) is 83.5 Å². The van der Waals surface area contributed by atoms with Crippen LogP contribution in [-0.4, -0.2) is 19.8 Å². The molecule has 1 aromatic carbocycles. The summed E-state index contributed by atoms with van der Waals surface area (Å²) in [7, 11) is 0. The van der Waals surface area contributed by atoms with Gasteiger partial charge in [0.1, 0.15) is 0 Å². The van der Waals surface area contributed by atoms with Crippen LogP contribution in [0.2, 0.25) is 0 Å². The zero-order valence-electron chi connectivity index (χ0n) is 16.6. The topological polar surface area (TPSA) is 69.2 Å². The van der Waals surface area contributed by atoms with E-state index in [1.165, 1.54) is 5.56 Å². The molecule has 0 N–H and O–H groups in total. The molecule has 2 aliphatic rings. The first-order chi connectivity index (χ1) is 13.1. The second-order valence-electron chi connectivity index (χ2n) is 5.63. The number of hydrogen-bond acceptors (Lipinski definition) is 3. The fourth-order valence-corrected chi connectivity index (χ4v) is 4.65. The Labute approximate surface area is 179 Å². The molecule has 0 fully saturated rings. The average Bonchev–Trinajstić information content (AvgIpc) is 3.38. The predicted molar refractivity (Wildman–Crippen MR) is 103 cm³/mol. The van der Waals surface area contributed by atoms with Crippen molar-refractivity contribution in [3.63, 3.8) is 0 Å². The summed E-state index contributed by atoms with van der Waals surface area (Å²) >= 11 is 1.12. The van der Waals surface area contributed by atoms with Gasteiger partial charge < -0.3 is 15.3 Å². The van der Waals surface area contributed by atoms with E-state index in [0.717, 1.165) is 37.2 Å². The summed E-state index contributed by atoms with van der Waals surface area (Å²) in [5.41, 5.74) is 4.59. The van der Waals surface area contributed by atoms with Gasteiger partial charge in [-0.25, -0.2) is 0 Å². The third kappa shape index (κ3) is 8.65. The molecule has 0 aromatic heterocycles. The third-order valence-electron chi connectivity index (χ3n) is 3.71. The Balaban J connectivity index is 0.000000643. The predicted octanol–water partition coefficient (Wildman–Crippen LogP) is 2.30. The van der Waals surface area contributed by atoms with Gasteiger partial charge in [0.25, 0.3) is 0 Å². The van der Waals surface area contributed by atoms with Crippen LogP contribution >= 0.6 is 0 Å².